The fourth-order valence-electron chi connectivity index (χ4n) is 1.60. The Kier molecular flexibility index (Phi) is 4.06. The van der Waals surface area contributed by atoms with E-state index in [2.05, 4.69) is 15.5 Å². The predicted octanol–water partition coefficient (Wildman–Crippen LogP) is 1.28. The molecule has 5 heteroatoms. The lowest BCUT2D eigenvalue weighted by atomic mass is 10.1. The van der Waals surface area contributed by atoms with Crippen LogP contribution in [0.15, 0.2) is 34.9 Å². The van der Waals surface area contributed by atoms with Gasteiger partial charge in [0.05, 0.1) is 0 Å². The van der Waals surface area contributed by atoms with Crippen LogP contribution < -0.4 is 5.32 Å². The van der Waals surface area contributed by atoms with Crippen molar-refractivity contribution in [3.63, 3.8) is 0 Å². The van der Waals surface area contributed by atoms with E-state index in [1.54, 1.807) is 6.92 Å². The summed E-state index contributed by atoms with van der Waals surface area (Å²) in [6, 6.07) is 10.0. The first-order valence-electron chi connectivity index (χ1n) is 5.84. The van der Waals surface area contributed by atoms with Gasteiger partial charge in [0.2, 0.25) is 11.8 Å². The summed E-state index contributed by atoms with van der Waals surface area (Å²) < 4.78 is 4.88. The smallest absolute Gasteiger partial charge is 0.236 e. The van der Waals surface area contributed by atoms with Crippen molar-refractivity contribution >= 4 is 5.91 Å². The summed E-state index contributed by atoms with van der Waals surface area (Å²) >= 11 is 0. The van der Waals surface area contributed by atoms with Gasteiger partial charge in [-0.3, -0.25) is 4.79 Å². The zero-order chi connectivity index (χ0) is 12.8. The Morgan fingerprint density at radius 3 is 2.78 bits per heavy atom. The molecular weight excluding hydrogens is 230 g/mol. The van der Waals surface area contributed by atoms with E-state index in [0.717, 1.165) is 6.42 Å². The maximum absolute atomic E-state index is 11.6. The first-order valence-corrected chi connectivity index (χ1v) is 5.84. The van der Waals surface area contributed by atoms with Gasteiger partial charge < -0.3 is 9.84 Å². The topological polar surface area (TPSA) is 68.0 Å². The van der Waals surface area contributed by atoms with Gasteiger partial charge in [-0.25, -0.2) is 0 Å². The van der Waals surface area contributed by atoms with Crippen LogP contribution in [0.1, 0.15) is 17.3 Å². The number of benzene rings is 1. The second-order valence-corrected chi connectivity index (χ2v) is 4.00. The molecule has 18 heavy (non-hydrogen) atoms. The van der Waals surface area contributed by atoms with Crippen LogP contribution >= 0.6 is 0 Å². The second-order valence-electron chi connectivity index (χ2n) is 4.00. The average molecular weight is 245 g/mol. The van der Waals surface area contributed by atoms with Gasteiger partial charge in [-0.15, -0.1) is 0 Å². The van der Waals surface area contributed by atoms with Crippen LogP contribution in [0.4, 0.5) is 0 Å². The van der Waals surface area contributed by atoms with Gasteiger partial charge in [0.15, 0.2) is 5.82 Å². The molecule has 2 aromatic rings. The molecule has 1 aromatic carbocycles. The monoisotopic (exact) mass is 245 g/mol. The Morgan fingerprint density at radius 2 is 2.11 bits per heavy atom. The minimum atomic E-state index is -0.102. The molecule has 1 amide bonds. The minimum Gasteiger partial charge on any atom is -0.355 e. The maximum atomic E-state index is 11.6. The van der Waals surface area contributed by atoms with E-state index in [1.807, 2.05) is 30.3 Å². The van der Waals surface area contributed by atoms with E-state index in [0.29, 0.717) is 18.3 Å². The molecule has 0 spiro atoms. The maximum Gasteiger partial charge on any atom is 0.236 e. The summed E-state index contributed by atoms with van der Waals surface area (Å²) in [7, 11) is 0. The van der Waals surface area contributed by atoms with Crippen molar-refractivity contribution in [3.8, 4) is 0 Å². The molecule has 0 saturated heterocycles. The molecule has 0 aliphatic carbocycles. The first-order chi connectivity index (χ1) is 8.74. The number of aryl methyl sites for hydroxylation is 1. The quantitative estimate of drug-likeness (QED) is 0.861. The van der Waals surface area contributed by atoms with Crippen LogP contribution in [0.2, 0.25) is 0 Å². The molecule has 0 radical (unpaired) electrons. The summed E-state index contributed by atoms with van der Waals surface area (Å²) in [5.74, 6) is 0.793. The van der Waals surface area contributed by atoms with E-state index < -0.39 is 0 Å². The lowest BCUT2D eigenvalue weighted by Crippen LogP contribution is -2.27. The number of carbonyl (C=O) groups excluding carboxylic acids is 1. The summed E-state index contributed by atoms with van der Waals surface area (Å²) in [6.45, 7) is 2.33. The predicted molar refractivity (Wildman–Crippen MR) is 65.9 cm³/mol. The summed E-state index contributed by atoms with van der Waals surface area (Å²) in [5, 5.41) is 6.45. The van der Waals surface area contributed by atoms with Crippen molar-refractivity contribution in [1.29, 1.82) is 0 Å². The number of amides is 1. The molecule has 2 rings (SSSR count). The molecule has 5 nitrogen and oxygen atoms in total. The van der Waals surface area contributed by atoms with E-state index in [4.69, 9.17) is 4.52 Å². The van der Waals surface area contributed by atoms with Gasteiger partial charge in [0, 0.05) is 6.54 Å². The summed E-state index contributed by atoms with van der Waals surface area (Å²) in [6.07, 6.45) is 0.949. The van der Waals surface area contributed by atoms with Gasteiger partial charge >= 0.3 is 0 Å². The molecule has 0 fully saturated rings. The Morgan fingerprint density at radius 1 is 1.33 bits per heavy atom. The highest BCUT2D eigenvalue weighted by Gasteiger charge is 2.08. The van der Waals surface area contributed by atoms with E-state index in [-0.39, 0.29) is 12.3 Å². The van der Waals surface area contributed by atoms with Gasteiger partial charge in [-0.1, -0.05) is 35.5 Å². The molecule has 1 aromatic heterocycles. The second kappa shape index (κ2) is 5.95. The summed E-state index contributed by atoms with van der Waals surface area (Å²) in [5.41, 5.74) is 1.20. The van der Waals surface area contributed by atoms with Gasteiger partial charge in [0.25, 0.3) is 0 Å². The van der Waals surface area contributed by atoms with Gasteiger partial charge in [-0.05, 0) is 18.9 Å². The van der Waals surface area contributed by atoms with Crippen molar-refractivity contribution in [1.82, 2.24) is 15.5 Å². The molecule has 1 heterocycles. The number of carbonyl (C=O) groups is 1. The molecule has 0 atom stereocenters. The summed E-state index contributed by atoms with van der Waals surface area (Å²) in [4.78, 5) is 15.6. The third kappa shape index (κ3) is 3.69. The van der Waals surface area contributed by atoms with Crippen molar-refractivity contribution < 1.29 is 9.32 Å². The largest absolute Gasteiger partial charge is 0.355 e. The van der Waals surface area contributed by atoms with Crippen LogP contribution in [0.25, 0.3) is 0 Å². The average Bonchev–Trinajstić information content (AvgIpc) is 2.76. The van der Waals surface area contributed by atoms with Gasteiger partial charge in [0.1, 0.15) is 6.42 Å². The normalized spacial score (nSPS) is 10.3. The molecular formula is C13H15N3O2. The number of hydrogen-bond donors (Lipinski definition) is 1. The third-order valence-electron chi connectivity index (χ3n) is 2.46. The Balaban J connectivity index is 1.72. The van der Waals surface area contributed by atoms with E-state index >= 15 is 0 Å². The SMILES string of the molecule is Cc1noc(CC(=O)NCCc2ccccc2)n1. The van der Waals surface area contributed by atoms with Gasteiger partial charge in [-0.2, -0.15) is 4.98 Å². The highest BCUT2D eigenvalue weighted by atomic mass is 16.5. The number of nitrogens with zero attached hydrogens (tertiary/aromatic N) is 2. The molecule has 0 saturated carbocycles. The molecule has 1 N–H and O–H groups in total. The molecule has 0 bridgehead atoms. The first kappa shape index (κ1) is 12.3. The number of hydrogen-bond acceptors (Lipinski definition) is 4. The van der Waals surface area contributed by atoms with E-state index in [1.165, 1.54) is 5.56 Å². The fourth-order valence-corrected chi connectivity index (χ4v) is 1.60. The van der Waals surface area contributed by atoms with Crippen molar-refractivity contribution in [3.05, 3.63) is 47.6 Å². The molecule has 0 aliphatic rings. The minimum absolute atomic E-state index is 0.102. The van der Waals surface area contributed by atoms with Crippen molar-refractivity contribution in [2.75, 3.05) is 6.54 Å². The van der Waals surface area contributed by atoms with E-state index in [9.17, 15) is 4.79 Å². The lowest BCUT2D eigenvalue weighted by molar-refractivity contribution is -0.120. The Hall–Kier alpha value is -2.17. The Bertz CT molecular complexity index is 508. The van der Waals surface area contributed by atoms with Crippen LogP contribution in [-0.2, 0) is 17.6 Å². The van der Waals surface area contributed by atoms with Crippen LogP contribution in [0, 0.1) is 6.92 Å². The van der Waals surface area contributed by atoms with Crippen LogP contribution in [-0.4, -0.2) is 22.6 Å². The zero-order valence-corrected chi connectivity index (χ0v) is 10.2. The number of nitrogens with one attached hydrogen (secondary N) is 1. The fraction of sp³-hybridized carbons (Fsp3) is 0.308. The Labute approximate surface area is 105 Å². The highest BCUT2D eigenvalue weighted by Crippen LogP contribution is 1.99. The van der Waals surface area contributed by atoms with Crippen molar-refractivity contribution in [2.24, 2.45) is 0 Å². The number of rotatable bonds is 5. The third-order valence-corrected chi connectivity index (χ3v) is 2.46. The van der Waals surface area contributed by atoms with Crippen molar-refractivity contribution in [2.45, 2.75) is 19.8 Å². The molecule has 0 unspecified atom stereocenters. The zero-order valence-electron chi connectivity index (χ0n) is 10.2. The van der Waals surface area contributed by atoms with Crippen LogP contribution in [0.5, 0.6) is 0 Å². The number of aromatic nitrogens is 2. The molecule has 0 aliphatic heterocycles. The lowest BCUT2D eigenvalue weighted by Gasteiger charge is -2.03. The standard InChI is InChI=1S/C13H15N3O2/c1-10-15-13(18-16-10)9-12(17)14-8-7-11-5-3-2-4-6-11/h2-6H,7-9H2,1H3,(H,14,17). The highest BCUT2D eigenvalue weighted by molar-refractivity contribution is 5.77. The van der Waals surface area contributed by atoms with Crippen LogP contribution in [0.3, 0.4) is 0 Å². The molecule has 94 valence electrons.